The number of rotatable bonds is 0. The minimum Gasteiger partial charge on any atom is -0.506 e. The van der Waals surface area contributed by atoms with Crippen molar-refractivity contribution >= 4 is 18.9 Å². The second-order valence-corrected chi connectivity index (χ2v) is 2.35. The van der Waals surface area contributed by atoms with E-state index < -0.39 is 7.25 Å². The molecule has 0 aliphatic rings. The van der Waals surface area contributed by atoms with Crippen LogP contribution in [0.2, 0.25) is 5.02 Å². The number of aromatic hydroxyl groups is 1. The Kier molecular flexibility index (Phi) is 8.38. The van der Waals surface area contributed by atoms with E-state index in [4.69, 9.17) is 27.5 Å². The van der Waals surface area contributed by atoms with Crippen LogP contribution in [-0.2, 0) is 0 Å². The third-order valence-electron chi connectivity index (χ3n) is 0.852. The van der Waals surface area contributed by atoms with Crippen LogP contribution in [0.4, 0.5) is 17.3 Å². The summed E-state index contributed by atoms with van der Waals surface area (Å²) in [7, 11) is -6.00. The molecule has 0 saturated carbocycles. The van der Waals surface area contributed by atoms with Crippen LogP contribution >= 0.6 is 11.6 Å². The first-order chi connectivity index (χ1) is 6.80. The molecular formula is C6H6BClF4N2O. The Balaban J connectivity index is 0. The first kappa shape index (κ1) is 16.0. The van der Waals surface area contributed by atoms with Gasteiger partial charge in [0.05, 0.1) is 10.4 Å². The number of para-hydroxylation sites is 1. The number of nitrogens with zero attached hydrogens (tertiary/aromatic N) is 1. The molecule has 0 radical (unpaired) electrons. The number of hydrogen-bond acceptors (Lipinski definition) is 2. The summed E-state index contributed by atoms with van der Waals surface area (Å²) in [5, 5.41) is 20.2. The van der Waals surface area contributed by atoms with Crippen LogP contribution in [0.3, 0.4) is 0 Å². The van der Waals surface area contributed by atoms with Crippen molar-refractivity contribution in [2.45, 2.75) is 0 Å². The van der Waals surface area contributed by atoms with Crippen LogP contribution in [0.15, 0.2) is 24.3 Å². The van der Waals surface area contributed by atoms with Gasteiger partial charge in [-0.15, -0.1) is 0 Å². The number of phenols is 1. The Morgan fingerprint density at radius 3 is 1.67 bits per heavy atom. The molecule has 2 N–H and O–H groups in total. The van der Waals surface area contributed by atoms with Gasteiger partial charge in [-0.2, -0.15) is 0 Å². The first-order valence-electron chi connectivity index (χ1n) is 3.34. The Labute approximate surface area is 87.8 Å². The van der Waals surface area contributed by atoms with Gasteiger partial charge in [0.2, 0.25) is 5.39 Å². The van der Waals surface area contributed by atoms with Crippen molar-refractivity contribution in [3.05, 3.63) is 29.3 Å². The van der Waals surface area contributed by atoms with Gasteiger partial charge >= 0.3 is 7.25 Å². The average molecular weight is 244 g/mol. The summed E-state index contributed by atoms with van der Waals surface area (Å²) in [6.07, 6.45) is 0. The molecular weight excluding hydrogens is 238 g/mol. The van der Waals surface area contributed by atoms with Crippen molar-refractivity contribution in [1.29, 1.82) is 5.39 Å². The van der Waals surface area contributed by atoms with Crippen molar-refractivity contribution in [3.8, 4) is 5.75 Å². The molecule has 0 fully saturated rings. The lowest BCUT2D eigenvalue weighted by atomic mass is 10.3. The lowest BCUT2D eigenvalue weighted by molar-refractivity contribution is -0.175. The summed E-state index contributed by atoms with van der Waals surface area (Å²) in [4.78, 5) is 0. The second-order valence-electron chi connectivity index (χ2n) is 1.95. The van der Waals surface area contributed by atoms with Gasteiger partial charge in [0.1, 0.15) is 5.75 Å². The van der Waals surface area contributed by atoms with Crippen LogP contribution < -0.4 is 5.39 Å². The van der Waals surface area contributed by atoms with Crippen molar-refractivity contribution < 1.29 is 27.8 Å². The van der Waals surface area contributed by atoms with E-state index in [2.05, 4.69) is 0 Å². The molecule has 15 heavy (non-hydrogen) atoms. The molecule has 3 nitrogen and oxygen atoms in total. The molecule has 0 saturated heterocycles. The van der Waals surface area contributed by atoms with Gasteiger partial charge < -0.3 is 22.4 Å². The summed E-state index contributed by atoms with van der Waals surface area (Å²) in [6, 6.07) is 6.67. The minimum absolute atomic E-state index is 0.133. The molecule has 0 amide bonds. The molecule has 0 aliphatic carbocycles. The first-order valence-corrected chi connectivity index (χ1v) is 3.71. The van der Waals surface area contributed by atoms with Crippen LogP contribution in [-0.4, -0.2) is 12.4 Å². The quantitative estimate of drug-likeness (QED) is 0.414. The maximum atomic E-state index is 9.75. The normalized spacial score (nSPS) is 9.00. The van der Waals surface area contributed by atoms with E-state index in [1.54, 1.807) is 24.3 Å². The largest absolute Gasteiger partial charge is 0.673 e. The number of halogens is 5. The molecule has 0 aromatic heterocycles. The third-order valence-corrected chi connectivity index (χ3v) is 1.17. The molecule has 0 heterocycles. The van der Waals surface area contributed by atoms with E-state index >= 15 is 0 Å². The number of phenolic OH excluding ortho intramolecular Hbond substituents is 1. The summed E-state index contributed by atoms with van der Waals surface area (Å²) in [6.45, 7) is 0. The predicted molar refractivity (Wildman–Crippen MR) is 46.0 cm³/mol. The highest BCUT2D eigenvalue weighted by molar-refractivity contribution is 6.50. The fourth-order valence-electron chi connectivity index (χ4n) is 0.452. The van der Waals surface area contributed by atoms with E-state index in [-0.39, 0.29) is 5.75 Å². The number of hydrogen-bond donors (Lipinski definition) is 2. The van der Waals surface area contributed by atoms with E-state index in [9.17, 15) is 17.3 Å². The zero-order valence-corrected chi connectivity index (χ0v) is 7.93. The molecule has 0 spiro atoms. The van der Waals surface area contributed by atoms with Crippen molar-refractivity contribution in [2.75, 3.05) is 0 Å². The highest BCUT2D eigenvalue weighted by Crippen LogP contribution is 2.20. The van der Waals surface area contributed by atoms with E-state index in [1.807, 2.05) is 0 Å². The number of nitrogens with one attached hydrogen (secondary N) is 1. The third kappa shape index (κ3) is 15.3. The van der Waals surface area contributed by atoms with Crippen molar-refractivity contribution in [3.63, 3.8) is 0 Å². The Morgan fingerprint density at radius 2 is 1.47 bits per heavy atom. The van der Waals surface area contributed by atoms with Crippen LogP contribution in [0, 0.1) is 5.39 Å². The van der Waals surface area contributed by atoms with Crippen molar-refractivity contribution in [1.82, 2.24) is 0 Å². The fourth-order valence-corrected chi connectivity index (χ4v) is 0.587. The predicted octanol–water partition coefficient (Wildman–Crippen LogP) is 1.62. The fraction of sp³-hybridized carbons (Fsp3) is 0. The summed E-state index contributed by atoms with van der Waals surface area (Å²) < 4.78 is 39.0. The molecule has 0 unspecified atom stereocenters. The molecule has 0 bridgehead atoms. The topological polar surface area (TPSA) is 67.8 Å². The number of diazo groups is 1. The maximum absolute atomic E-state index is 9.75. The monoisotopic (exact) mass is 244 g/mol. The number of benzene rings is 1. The van der Waals surface area contributed by atoms with Gasteiger partial charge in [0.15, 0.2) is 0 Å². The minimum atomic E-state index is -6.00. The van der Waals surface area contributed by atoms with Gasteiger partial charge in [0, 0.05) is 0 Å². The average Bonchev–Trinajstić information content (AvgIpc) is 2.11. The smallest absolute Gasteiger partial charge is 0.506 e. The Morgan fingerprint density at radius 1 is 1.13 bits per heavy atom. The van der Waals surface area contributed by atoms with E-state index in [1.165, 1.54) is 0 Å². The Hall–Kier alpha value is -1.49. The molecule has 0 aliphatic heterocycles. The second kappa shape index (κ2) is 7.88. The van der Waals surface area contributed by atoms with E-state index in [0.717, 1.165) is 0 Å². The summed E-state index contributed by atoms with van der Waals surface area (Å²) >= 11 is 5.46. The molecule has 1 rings (SSSR count). The van der Waals surface area contributed by atoms with Crippen LogP contribution in [0.25, 0.3) is 0 Å². The van der Waals surface area contributed by atoms with Crippen LogP contribution in [0.1, 0.15) is 0 Å². The molecule has 1 aromatic carbocycles. The molecule has 1 aromatic rings. The van der Waals surface area contributed by atoms with Gasteiger partial charge in [-0.1, -0.05) is 23.7 Å². The zero-order valence-electron chi connectivity index (χ0n) is 7.17. The van der Waals surface area contributed by atoms with Gasteiger partial charge in [0.25, 0.3) is 0 Å². The summed E-state index contributed by atoms with van der Waals surface area (Å²) in [5.74, 6) is 0.133. The lowest BCUT2D eigenvalue weighted by Crippen LogP contribution is -2.11. The molecule has 0 atom stereocenters. The van der Waals surface area contributed by atoms with Crippen LogP contribution in [0.5, 0.6) is 5.75 Å². The SMILES string of the molecule is F[B-](F)(F)F.N#[NH+].Oc1ccccc1Cl. The standard InChI is InChI=1S/C6H5ClO.BF4.N2/c7-5-3-1-2-4-6(5)8;2-1(3,4)5;1-2/h1-4,8H;;/q;-1;/p+1. The van der Waals surface area contributed by atoms with Gasteiger partial charge in [-0.05, 0) is 12.1 Å². The molecule has 84 valence electrons. The summed E-state index contributed by atoms with van der Waals surface area (Å²) in [5.41, 5.74) is 0. The van der Waals surface area contributed by atoms with Crippen molar-refractivity contribution in [2.24, 2.45) is 0 Å². The van der Waals surface area contributed by atoms with E-state index in [0.29, 0.717) is 5.02 Å². The maximum Gasteiger partial charge on any atom is 0.673 e. The van der Waals surface area contributed by atoms with Gasteiger partial charge in [-0.25, -0.2) is 0 Å². The lowest BCUT2D eigenvalue weighted by Gasteiger charge is -1.94. The highest BCUT2D eigenvalue weighted by atomic mass is 35.5. The molecule has 9 heteroatoms. The Bertz CT molecular complexity index is 280. The highest BCUT2D eigenvalue weighted by Gasteiger charge is 2.20. The van der Waals surface area contributed by atoms with Gasteiger partial charge in [-0.3, -0.25) is 0 Å². The zero-order chi connectivity index (χ0) is 12.5.